The SMILES string of the molecule is [C-]#[N+]CC1(c2cccc(OC)c2)CCCCC1. The molecule has 90 valence electrons. The molecule has 0 heterocycles. The molecule has 2 heteroatoms. The highest BCUT2D eigenvalue weighted by Crippen LogP contribution is 2.40. The van der Waals surface area contributed by atoms with Crippen LogP contribution in [0.25, 0.3) is 4.85 Å². The topological polar surface area (TPSA) is 13.6 Å². The molecule has 0 atom stereocenters. The molecule has 0 bridgehead atoms. The highest BCUT2D eigenvalue weighted by atomic mass is 16.5. The Labute approximate surface area is 103 Å². The van der Waals surface area contributed by atoms with Crippen LogP contribution >= 0.6 is 0 Å². The fourth-order valence-electron chi connectivity index (χ4n) is 2.87. The zero-order valence-electron chi connectivity index (χ0n) is 10.4. The standard InChI is InChI=1S/C15H19NO/c1-16-12-15(9-4-3-5-10-15)13-7-6-8-14(11-13)17-2/h6-8,11H,3-5,9-10,12H2,2H3. The summed E-state index contributed by atoms with van der Waals surface area (Å²) in [6.45, 7) is 7.82. The molecule has 1 fully saturated rings. The second-order valence-corrected chi connectivity index (χ2v) is 4.89. The molecule has 1 aliphatic carbocycles. The lowest BCUT2D eigenvalue weighted by molar-refractivity contribution is 0.312. The Kier molecular flexibility index (Phi) is 3.68. The van der Waals surface area contributed by atoms with Gasteiger partial charge in [0.2, 0.25) is 6.54 Å². The first-order valence-corrected chi connectivity index (χ1v) is 6.28. The summed E-state index contributed by atoms with van der Waals surface area (Å²) in [7, 11) is 1.70. The molecule has 17 heavy (non-hydrogen) atoms. The van der Waals surface area contributed by atoms with Crippen molar-refractivity contribution in [2.45, 2.75) is 37.5 Å². The van der Waals surface area contributed by atoms with Crippen LogP contribution < -0.4 is 4.74 Å². The van der Waals surface area contributed by atoms with Gasteiger partial charge in [-0.3, -0.25) is 0 Å². The fourth-order valence-corrected chi connectivity index (χ4v) is 2.87. The number of hydrogen-bond acceptors (Lipinski definition) is 1. The van der Waals surface area contributed by atoms with Gasteiger partial charge in [0.25, 0.3) is 0 Å². The lowest BCUT2D eigenvalue weighted by atomic mass is 9.69. The highest BCUT2D eigenvalue weighted by Gasteiger charge is 2.37. The van der Waals surface area contributed by atoms with Crippen molar-refractivity contribution in [3.63, 3.8) is 0 Å². The predicted molar refractivity (Wildman–Crippen MR) is 69.2 cm³/mol. The molecule has 0 aliphatic heterocycles. The van der Waals surface area contributed by atoms with Crippen molar-refractivity contribution in [2.24, 2.45) is 0 Å². The maximum atomic E-state index is 7.21. The van der Waals surface area contributed by atoms with E-state index < -0.39 is 0 Å². The van der Waals surface area contributed by atoms with Crippen LogP contribution in [-0.4, -0.2) is 13.7 Å². The first-order chi connectivity index (χ1) is 8.30. The van der Waals surface area contributed by atoms with Crippen LogP contribution in [0.4, 0.5) is 0 Å². The van der Waals surface area contributed by atoms with Crippen LogP contribution in [0.5, 0.6) is 5.75 Å². The number of nitrogens with zero attached hydrogens (tertiary/aromatic N) is 1. The summed E-state index contributed by atoms with van der Waals surface area (Å²) in [5, 5.41) is 0. The van der Waals surface area contributed by atoms with Gasteiger partial charge in [0.05, 0.1) is 12.5 Å². The third kappa shape index (κ3) is 2.44. The average molecular weight is 229 g/mol. The quantitative estimate of drug-likeness (QED) is 0.718. The van der Waals surface area contributed by atoms with Crippen LogP contribution in [0, 0.1) is 6.57 Å². The number of hydrogen-bond donors (Lipinski definition) is 0. The van der Waals surface area contributed by atoms with Crippen molar-refractivity contribution in [2.75, 3.05) is 13.7 Å². The van der Waals surface area contributed by atoms with Gasteiger partial charge in [0, 0.05) is 0 Å². The summed E-state index contributed by atoms with van der Waals surface area (Å²) in [5.74, 6) is 0.900. The van der Waals surface area contributed by atoms with Crippen LogP contribution in [0.1, 0.15) is 37.7 Å². The third-order valence-electron chi connectivity index (χ3n) is 3.87. The van der Waals surface area contributed by atoms with Crippen molar-refractivity contribution in [3.05, 3.63) is 41.2 Å². The summed E-state index contributed by atoms with van der Waals surface area (Å²) in [6.07, 6.45) is 6.08. The van der Waals surface area contributed by atoms with Gasteiger partial charge in [-0.15, -0.1) is 0 Å². The van der Waals surface area contributed by atoms with Gasteiger partial charge >= 0.3 is 0 Å². The van der Waals surface area contributed by atoms with Crippen LogP contribution in [-0.2, 0) is 5.41 Å². The lowest BCUT2D eigenvalue weighted by Gasteiger charge is -2.33. The Hall–Kier alpha value is -1.49. The molecule has 0 N–H and O–H groups in total. The molecule has 0 aromatic heterocycles. The van der Waals surface area contributed by atoms with E-state index in [0.717, 1.165) is 18.6 Å². The summed E-state index contributed by atoms with van der Waals surface area (Å²) >= 11 is 0. The minimum atomic E-state index is 0.0779. The van der Waals surface area contributed by atoms with Crippen molar-refractivity contribution in [1.29, 1.82) is 0 Å². The van der Waals surface area contributed by atoms with E-state index in [4.69, 9.17) is 11.3 Å². The number of ether oxygens (including phenoxy) is 1. The Morgan fingerprint density at radius 1 is 1.29 bits per heavy atom. The molecule has 2 nitrogen and oxygen atoms in total. The first-order valence-electron chi connectivity index (χ1n) is 6.28. The molecule has 0 amide bonds. The molecule has 0 spiro atoms. The zero-order chi connectivity index (χ0) is 12.1. The van der Waals surface area contributed by atoms with E-state index in [1.54, 1.807) is 7.11 Å². The van der Waals surface area contributed by atoms with Gasteiger partial charge in [0.15, 0.2) is 0 Å². The van der Waals surface area contributed by atoms with Gasteiger partial charge in [0.1, 0.15) is 5.75 Å². The van der Waals surface area contributed by atoms with Gasteiger partial charge in [-0.25, -0.2) is 6.57 Å². The normalized spacial score (nSPS) is 18.4. The number of benzene rings is 1. The molecule has 0 unspecified atom stereocenters. The first kappa shape index (κ1) is 12.0. The highest BCUT2D eigenvalue weighted by molar-refractivity contribution is 5.35. The van der Waals surface area contributed by atoms with Crippen molar-refractivity contribution < 1.29 is 4.74 Å². The third-order valence-corrected chi connectivity index (χ3v) is 3.87. The minimum Gasteiger partial charge on any atom is -0.497 e. The number of methoxy groups -OCH3 is 1. The minimum absolute atomic E-state index is 0.0779. The monoisotopic (exact) mass is 229 g/mol. The van der Waals surface area contributed by atoms with E-state index in [1.165, 1.54) is 24.8 Å². The Morgan fingerprint density at radius 3 is 2.71 bits per heavy atom. The largest absolute Gasteiger partial charge is 0.497 e. The predicted octanol–water partition coefficient (Wildman–Crippen LogP) is 3.82. The lowest BCUT2D eigenvalue weighted by Crippen LogP contribution is -2.31. The van der Waals surface area contributed by atoms with E-state index in [9.17, 15) is 0 Å². The molecule has 0 radical (unpaired) electrons. The van der Waals surface area contributed by atoms with E-state index in [1.807, 2.05) is 12.1 Å². The average Bonchev–Trinajstić information content (AvgIpc) is 2.40. The van der Waals surface area contributed by atoms with Crippen LogP contribution in [0.2, 0.25) is 0 Å². The Balaban J connectivity index is 2.34. The molecular weight excluding hydrogens is 210 g/mol. The second-order valence-electron chi connectivity index (χ2n) is 4.89. The van der Waals surface area contributed by atoms with E-state index in [-0.39, 0.29) is 5.41 Å². The second kappa shape index (κ2) is 5.23. The summed E-state index contributed by atoms with van der Waals surface area (Å²) < 4.78 is 5.29. The van der Waals surface area contributed by atoms with E-state index >= 15 is 0 Å². The molecule has 1 aromatic rings. The molecule has 0 saturated heterocycles. The summed E-state index contributed by atoms with van der Waals surface area (Å²) in [5.41, 5.74) is 1.36. The van der Waals surface area contributed by atoms with Gasteiger partial charge in [-0.05, 0) is 30.5 Å². The van der Waals surface area contributed by atoms with Crippen LogP contribution in [0.15, 0.2) is 24.3 Å². The molecule has 1 saturated carbocycles. The maximum Gasteiger partial charge on any atom is 0.224 e. The molecule has 1 aromatic carbocycles. The molecule has 1 aliphatic rings. The van der Waals surface area contributed by atoms with Crippen molar-refractivity contribution in [1.82, 2.24) is 0 Å². The summed E-state index contributed by atoms with van der Waals surface area (Å²) in [4.78, 5) is 3.67. The maximum absolute atomic E-state index is 7.21. The van der Waals surface area contributed by atoms with E-state index in [0.29, 0.717) is 6.54 Å². The molecular formula is C15H19NO. The van der Waals surface area contributed by atoms with Gasteiger partial charge in [-0.1, -0.05) is 31.4 Å². The fraction of sp³-hybridized carbons (Fsp3) is 0.533. The summed E-state index contributed by atoms with van der Waals surface area (Å²) in [6, 6.07) is 8.27. The number of rotatable bonds is 3. The Morgan fingerprint density at radius 2 is 2.06 bits per heavy atom. The molecule has 2 rings (SSSR count). The Bertz CT molecular complexity index is 413. The van der Waals surface area contributed by atoms with Gasteiger partial charge < -0.3 is 9.58 Å². The van der Waals surface area contributed by atoms with Crippen LogP contribution in [0.3, 0.4) is 0 Å². The van der Waals surface area contributed by atoms with Crippen molar-refractivity contribution >= 4 is 0 Å². The smallest absolute Gasteiger partial charge is 0.224 e. The van der Waals surface area contributed by atoms with E-state index in [2.05, 4.69) is 17.0 Å². The zero-order valence-corrected chi connectivity index (χ0v) is 10.4. The van der Waals surface area contributed by atoms with Crippen molar-refractivity contribution in [3.8, 4) is 5.75 Å². The van der Waals surface area contributed by atoms with Gasteiger partial charge in [-0.2, -0.15) is 0 Å².